The second kappa shape index (κ2) is 7.99. The number of hydrogen-bond acceptors (Lipinski definition) is 3. The van der Waals surface area contributed by atoms with Gasteiger partial charge >= 0.3 is 0 Å². The van der Waals surface area contributed by atoms with Crippen molar-refractivity contribution in [1.29, 1.82) is 0 Å². The van der Waals surface area contributed by atoms with Gasteiger partial charge in [-0.1, -0.05) is 13.8 Å². The topological polar surface area (TPSA) is 48.3 Å². The van der Waals surface area contributed by atoms with Crippen molar-refractivity contribution in [2.75, 3.05) is 6.61 Å². The molecule has 2 rings (SSSR count). The van der Waals surface area contributed by atoms with Crippen LogP contribution in [0.4, 0.5) is 4.39 Å². The number of carbonyl (C=O) groups excluding carboxylic acids is 1. The molecule has 0 unspecified atom stereocenters. The molecule has 0 saturated carbocycles. The molecule has 0 radical (unpaired) electrons. The average molecular weight is 291 g/mol. The second-order valence-corrected chi connectivity index (χ2v) is 3.80. The van der Waals surface area contributed by atoms with Gasteiger partial charge in [0.1, 0.15) is 17.1 Å². The third-order valence-corrected chi connectivity index (χ3v) is 2.61. The highest BCUT2D eigenvalue weighted by Gasteiger charge is 2.11. The molecule has 0 bridgehead atoms. The van der Waals surface area contributed by atoms with Crippen molar-refractivity contribution in [3.05, 3.63) is 58.3 Å². The lowest BCUT2D eigenvalue weighted by Crippen LogP contribution is -2.22. The van der Waals surface area contributed by atoms with E-state index in [2.05, 4.69) is 0 Å². The summed E-state index contributed by atoms with van der Waals surface area (Å²) in [5.41, 5.74) is -0.0567. The number of aromatic nitrogens is 1. The average Bonchev–Trinajstić information content (AvgIpc) is 2.51. The summed E-state index contributed by atoms with van der Waals surface area (Å²) in [6.45, 7) is 6.13. The number of hydrogen-bond donors (Lipinski definition) is 0. The molecule has 0 N–H and O–H groups in total. The zero-order valence-electron chi connectivity index (χ0n) is 12.3. The van der Waals surface area contributed by atoms with Crippen molar-refractivity contribution in [3.63, 3.8) is 0 Å². The molecule has 0 fully saturated rings. The molecule has 1 aromatic heterocycles. The van der Waals surface area contributed by atoms with E-state index in [1.807, 2.05) is 13.8 Å². The Kier molecular flexibility index (Phi) is 6.33. The Hall–Kier alpha value is -2.43. The Morgan fingerprint density at radius 1 is 1.19 bits per heavy atom. The molecule has 0 atom stereocenters. The van der Waals surface area contributed by atoms with Crippen molar-refractivity contribution >= 4 is 6.29 Å². The highest BCUT2D eigenvalue weighted by molar-refractivity contribution is 5.78. The molecule has 21 heavy (non-hydrogen) atoms. The van der Waals surface area contributed by atoms with Crippen LogP contribution in [0.5, 0.6) is 5.75 Å². The minimum absolute atomic E-state index is 0.0475. The van der Waals surface area contributed by atoms with Gasteiger partial charge < -0.3 is 4.74 Å². The maximum Gasteiger partial charge on any atom is 0.269 e. The normalized spacial score (nSPS) is 9.52. The number of aldehydes is 1. The molecule has 112 valence electrons. The van der Waals surface area contributed by atoms with E-state index in [9.17, 15) is 14.0 Å². The van der Waals surface area contributed by atoms with E-state index in [1.54, 1.807) is 6.92 Å². The summed E-state index contributed by atoms with van der Waals surface area (Å²) in [5.74, 6) is -0.140. The number of nitrogens with zero attached hydrogens (tertiary/aromatic N) is 1. The van der Waals surface area contributed by atoms with Crippen molar-refractivity contribution in [2.24, 2.45) is 0 Å². The predicted molar refractivity (Wildman–Crippen MR) is 79.9 cm³/mol. The van der Waals surface area contributed by atoms with E-state index >= 15 is 0 Å². The molecule has 1 aromatic carbocycles. The molecule has 0 saturated heterocycles. The molecule has 4 nitrogen and oxygen atoms in total. The summed E-state index contributed by atoms with van der Waals surface area (Å²) in [7, 11) is 0. The highest BCUT2D eigenvalue weighted by Crippen LogP contribution is 2.14. The Labute approximate surface area is 122 Å². The highest BCUT2D eigenvalue weighted by atomic mass is 19.1. The minimum atomic E-state index is -0.493. The fraction of sp³-hybridized carbons (Fsp3) is 0.250. The zero-order valence-corrected chi connectivity index (χ0v) is 12.3. The van der Waals surface area contributed by atoms with E-state index in [4.69, 9.17) is 4.74 Å². The van der Waals surface area contributed by atoms with Crippen LogP contribution in [-0.4, -0.2) is 17.5 Å². The third kappa shape index (κ3) is 3.78. The molecular formula is C16H18FNO3. The van der Waals surface area contributed by atoms with Gasteiger partial charge in [-0.05, 0) is 37.3 Å². The van der Waals surface area contributed by atoms with E-state index in [-0.39, 0.29) is 11.3 Å². The van der Waals surface area contributed by atoms with E-state index in [0.29, 0.717) is 18.6 Å². The maximum atomic E-state index is 12.8. The molecule has 0 aliphatic heterocycles. The van der Waals surface area contributed by atoms with Gasteiger partial charge in [-0.15, -0.1) is 0 Å². The molecule has 0 spiro atoms. The fourth-order valence-corrected chi connectivity index (χ4v) is 1.73. The smallest absolute Gasteiger partial charge is 0.269 e. The second-order valence-electron chi connectivity index (χ2n) is 3.80. The quantitative estimate of drug-likeness (QED) is 0.813. The Bertz CT molecular complexity index is 648. The van der Waals surface area contributed by atoms with Crippen LogP contribution in [0.2, 0.25) is 0 Å². The van der Waals surface area contributed by atoms with Crippen molar-refractivity contribution < 1.29 is 13.9 Å². The van der Waals surface area contributed by atoms with Gasteiger partial charge in [0.25, 0.3) is 5.56 Å². The summed E-state index contributed by atoms with van der Waals surface area (Å²) in [6.07, 6.45) is 1.96. The third-order valence-electron chi connectivity index (χ3n) is 2.61. The molecule has 0 aliphatic rings. The largest absolute Gasteiger partial charge is 0.493 e. The summed E-state index contributed by atoms with van der Waals surface area (Å²) in [6, 6.07) is 6.97. The molecule has 1 heterocycles. The van der Waals surface area contributed by atoms with Crippen LogP contribution in [0.15, 0.2) is 41.3 Å². The number of benzene rings is 1. The van der Waals surface area contributed by atoms with Crippen LogP contribution in [0.25, 0.3) is 5.69 Å². The number of rotatable bonds is 4. The van der Waals surface area contributed by atoms with Crippen LogP contribution in [0, 0.1) is 5.82 Å². The first-order chi connectivity index (χ1) is 10.2. The minimum Gasteiger partial charge on any atom is -0.493 e. The van der Waals surface area contributed by atoms with E-state index in [1.165, 1.54) is 41.1 Å². The van der Waals surface area contributed by atoms with Gasteiger partial charge in [0.05, 0.1) is 6.61 Å². The van der Waals surface area contributed by atoms with Gasteiger partial charge in [-0.25, -0.2) is 4.39 Å². The van der Waals surface area contributed by atoms with Crippen LogP contribution in [0.3, 0.4) is 0 Å². The van der Waals surface area contributed by atoms with Gasteiger partial charge in [0, 0.05) is 11.9 Å². The van der Waals surface area contributed by atoms with Crippen molar-refractivity contribution in [3.8, 4) is 11.4 Å². The lowest BCUT2D eigenvalue weighted by molar-refractivity contribution is 0.111. The molecule has 0 amide bonds. The van der Waals surface area contributed by atoms with Crippen molar-refractivity contribution in [2.45, 2.75) is 20.8 Å². The van der Waals surface area contributed by atoms with Gasteiger partial charge in [-0.2, -0.15) is 0 Å². The Balaban J connectivity index is 0.00000106. The van der Waals surface area contributed by atoms with Gasteiger partial charge in [0.15, 0.2) is 6.29 Å². The first-order valence-corrected chi connectivity index (χ1v) is 6.77. The summed E-state index contributed by atoms with van der Waals surface area (Å²) < 4.78 is 19.3. The van der Waals surface area contributed by atoms with Gasteiger partial charge in [-0.3, -0.25) is 14.2 Å². The summed E-state index contributed by atoms with van der Waals surface area (Å²) in [4.78, 5) is 23.1. The maximum absolute atomic E-state index is 12.8. The lowest BCUT2D eigenvalue weighted by Gasteiger charge is -2.10. The summed E-state index contributed by atoms with van der Waals surface area (Å²) >= 11 is 0. The number of pyridine rings is 1. The fourth-order valence-electron chi connectivity index (χ4n) is 1.73. The first kappa shape index (κ1) is 16.6. The lowest BCUT2D eigenvalue weighted by atomic mass is 10.2. The molecule has 0 aliphatic carbocycles. The number of ether oxygens (including phenoxy) is 1. The van der Waals surface area contributed by atoms with Crippen LogP contribution in [0.1, 0.15) is 31.1 Å². The van der Waals surface area contributed by atoms with Crippen molar-refractivity contribution in [1.82, 2.24) is 4.57 Å². The SMILES string of the molecule is CC.CCOc1ccn(-c2ccc(F)cc2)c(=O)c1C=O. The van der Waals surface area contributed by atoms with Gasteiger partial charge in [0.2, 0.25) is 0 Å². The number of halogens is 1. The molecule has 5 heteroatoms. The van der Waals surface area contributed by atoms with E-state index < -0.39 is 11.4 Å². The van der Waals surface area contributed by atoms with E-state index in [0.717, 1.165) is 0 Å². The first-order valence-electron chi connectivity index (χ1n) is 6.77. The predicted octanol–water partition coefficient (Wildman–Crippen LogP) is 3.21. The van der Waals surface area contributed by atoms with Crippen LogP contribution >= 0.6 is 0 Å². The van der Waals surface area contributed by atoms with Crippen LogP contribution in [-0.2, 0) is 0 Å². The monoisotopic (exact) mass is 291 g/mol. The van der Waals surface area contributed by atoms with Crippen LogP contribution < -0.4 is 10.3 Å². The standard InChI is InChI=1S/C14H12FNO3.C2H6/c1-2-19-13-7-8-16(14(18)12(13)9-17)11-5-3-10(15)4-6-11;1-2/h3-9H,2H2,1H3;1-2H3. The molecule has 2 aromatic rings. The Morgan fingerprint density at radius 2 is 1.81 bits per heavy atom. The molecular weight excluding hydrogens is 273 g/mol. The zero-order chi connectivity index (χ0) is 15.8. The Morgan fingerprint density at radius 3 is 2.33 bits per heavy atom. The number of carbonyl (C=O) groups is 1. The summed E-state index contributed by atoms with van der Waals surface area (Å²) in [5, 5.41) is 0.